The second kappa shape index (κ2) is 5.84. The van der Waals surface area contributed by atoms with E-state index in [1.165, 1.54) is 0 Å². The molecule has 1 unspecified atom stereocenters. The molecule has 2 N–H and O–H groups in total. The van der Waals surface area contributed by atoms with Crippen LogP contribution >= 0.6 is 0 Å². The summed E-state index contributed by atoms with van der Waals surface area (Å²) in [6.45, 7) is 4.41. The van der Waals surface area contributed by atoms with Crippen LogP contribution in [0.25, 0.3) is 0 Å². The minimum Gasteiger partial charge on any atom is -0.396 e. The van der Waals surface area contributed by atoms with Crippen LogP contribution < -0.4 is 4.72 Å². The summed E-state index contributed by atoms with van der Waals surface area (Å²) in [5.74, 6) is 0. The van der Waals surface area contributed by atoms with Crippen LogP contribution in [0.4, 0.5) is 0 Å². The van der Waals surface area contributed by atoms with Gasteiger partial charge in [-0.1, -0.05) is 26.0 Å². The monoisotopic (exact) mass is 297 g/mol. The average molecular weight is 297 g/mol. The zero-order chi connectivity index (χ0) is 14.8. The topological polar surface area (TPSA) is 66.4 Å². The highest BCUT2D eigenvalue weighted by atomic mass is 32.2. The average Bonchev–Trinajstić information content (AvgIpc) is 2.69. The molecule has 0 aliphatic heterocycles. The molecular weight excluding hydrogens is 274 g/mol. The maximum absolute atomic E-state index is 12.3. The molecule has 1 aliphatic carbocycles. The molecule has 112 valence electrons. The van der Waals surface area contributed by atoms with Crippen LogP contribution in [0.15, 0.2) is 29.2 Å². The number of hydrogen-bond donors (Lipinski definition) is 2. The number of hydrogen-bond acceptors (Lipinski definition) is 3. The Hall–Kier alpha value is -0.910. The van der Waals surface area contributed by atoms with Gasteiger partial charge in [-0.25, -0.2) is 13.1 Å². The minimum absolute atomic E-state index is 0.0344. The van der Waals surface area contributed by atoms with Gasteiger partial charge in [0.15, 0.2) is 0 Å². The lowest BCUT2D eigenvalue weighted by Crippen LogP contribution is -2.33. The molecule has 1 fully saturated rings. The Bertz CT molecular complexity index is 549. The highest BCUT2D eigenvalue weighted by Crippen LogP contribution is 2.37. The number of rotatable bonds is 5. The summed E-state index contributed by atoms with van der Waals surface area (Å²) in [6, 6.07) is 6.75. The van der Waals surface area contributed by atoms with Crippen LogP contribution in [-0.2, 0) is 16.4 Å². The van der Waals surface area contributed by atoms with Gasteiger partial charge in [-0.15, -0.1) is 0 Å². The third-order valence-electron chi connectivity index (χ3n) is 3.92. The van der Waals surface area contributed by atoms with Gasteiger partial charge in [-0.05, 0) is 48.8 Å². The highest BCUT2D eigenvalue weighted by Gasteiger charge is 2.33. The fraction of sp³-hybridized carbons (Fsp3) is 0.600. The lowest BCUT2D eigenvalue weighted by atomic mass is 9.92. The first kappa shape index (κ1) is 15.5. The Labute approximate surface area is 121 Å². The van der Waals surface area contributed by atoms with Gasteiger partial charge in [-0.2, -0.15) is 0 Å². The van der Waals surface area contributed by atoms with E-state index in [1.54, 1.807) is 24.3 Å². The first-order chi connectivity index (χ1) is 9.32. The van der Waals surface area contributed by atoms with E-state index in [0.717, 1.165) is 24.8 Å². The van der Waals surface area contributed by atoms with Crippen molar-refractivity contribution in [2.75, 3.05) is 6.61 Å². The van der Waals surface area contributed by atoms with Crippen molar-refractivity contribution in [1.29, 1.82) is 0 Å². The standard InChI is InChI=1S/C15H23NO3S/c1-15(2)9-7-13(11-15)16-20(18,19)14-5-3-12(4-6-14)8-10-17/h3-6,13,16-17H,7-11H2,1-2H3. The lowest BCUT2D eigenvalue weighted by molar-refractivity contribution is 0.299. The summed E-state index contributed by atoms with van der Waals surface area (Å²) in [5.41, 5.74) is 1.16. The van der Waals surface area contributed by atoms with E-state index in [4.69, 9.17) is 5.11 Å². The Morgan fingerprint density at radius 3 is 2.45 bits per heavy atom. The van der Waals surface area contributed by atoms with Gasteiger partial charge in [0.1, 0.15) is 0 Å². The van der Waals surface area contributed by atoms with Crippen LogP contribution in [0.3, 0.4) is 0 Å². The zero-order valence-corrected chi connectivity index (χ0v) is 12.9. The van der Waals surface area contributed by atoms with Gasteiger partial charge in [0.05, 0.1) is 4.90 Å². The van der Waals surface area contributed by atoms with Crippen molar-refractivity contribution in [1.82, 2.24) is 4.72 Å². The van der Waals surface area contributed by atoms with Crippen LogP contribution in [0.1, 0.15) is 38.7 Å². The third-order valence-corrected chi connectivity index (χ3v) is 5.46. The van der Waals surface area contributed by atoms with Gasteiger partial charge >= 0.3 is 0 Å². The minimum atomic E-state index is -3.44. The molecule has 4 nitrogen and oxygen atoms in total. The van der Waals surface area contributed by atoms with Crippen LogP contribution in [-0.4, -0.2) is 26.2 Å². The number of nitrogens with one attached hydrogen (secondary N) is 1. The van der Waals surface area contributed by atoms with E-state index in [9.17, 15) is 8.42 Å². The van der Waals surface area contributed by atoms with Crippen LogP contribution in [0, 0.1) is 5.41 Å². The van der Waals surface area contributed by atoms with E-state index in [-0.39, 0.29) is 18.1 Å². The number of sulfonamides is 1. The Kier molecular flexibility index (Phi) is 4.52. The molecule has 1 saturated carbocycles. The van der Waals surface area contributed by atoms with E-state index in [0.29, 0.717) is 11.3 Å². The van der Waals surface area contributed by atoms with Crippen molar-refractivity contribution in [3.05, 3.63) is 29.8 Å². The first-order valence-corrected chi connectivity index (χ1v) is 8.53. The third kappa shape index (κ3) is 3.81. The second-order valence-corrected chi connectivity index (χ2v) is 8.06. The molecule has 1 aliphatic rings. The van der Waals surface area contributed by atoms with Crippen LogP contribution in [0.5, 0.6) is 0 Å². The van der Waals surface area contributed by atoms with Crippen molar-refractivity contribution in [2.45, 2.75) is 50.5 Å². The van der Waals surface area contributed by atoms with E-state index in [1.807, 2.05) is 0 Å². The van der Waals surface area contributed by atoms with E-state index < -0.39 is 10.0 Å². The largest absolute Gasteiger partial charge is 0.396 e. The molecule has 0 radical (unpaired) electrons. The van der Waals surface area contributed by atoms with Crippen molar-refractivity contribution >= 4 is 10.0 Å². The fourth-order valence-corrected chi connectivity index (χ4v) is 4.06. The normalized spacial score (nSPS) is 22.1. The molecular formula is C15H23NO3S. The quantitative estimate of drug-likeness (QED) is 0.874. The van der Waals surface area contributed by atoms with Crippen LogP contribution in [0.2, 0.25) is 0 Å². The van der Waals surface area contributed by atoms with Crippen molar-refractivity contribution in [3.8, 4) is 0 Å². The number of aliphatic hydroxyl groups excluding tert-OH is 1. The van der Waals surface area contributed by atoms with Gasteiger partial charge in [0, 0.05) is 12.6 Å². The summed E-state index contributed by atoms with van der Waals surface area (Å²) in [6.07, 6.45) is 3.38. The highest BCUT2D eigenvalue weighted by molar-refractivity contribution is 7.89. The molecule has 0 amide bonds. The Morgan fingerprint density at radius 1 is 1.30 bits per heavy atom. The lowest BCUT2D eigenvalue weighted by Gasteiger charge is -2.18. The number of aliphatic hydroxyl groups is 1. The predicted octanol–water partition coefficient (Wildman–Crippen LogP) is 2.08. The molecule has 0 heterocycles. The Balaban J connectivity index is 2.07. The summed E-state index contributed by atoms with van der Waals surface area (Å²) >= 11 is 0. The molecule has 0 aromatic heterocycles. The zero-order valence-electron chi connectivity index (χ0n) is 12.1. The fourth-order valence-electron chi connectivity index (χ4n) is 2.79. The number of benzene rings is 1. The second-order valence-electron chi connectivity index (χ2n) is 6.34. The van der Waals surface area contributed by atoms with Gasteiger partial charge < -0.3 is 5.11 Å². The predicted molar refractivity (Wildman–Crippen MR) is 79.0 cm³/mol. The first-order valence-electron chi connectivity index (χ1n) is 7.05. The SMILES string of the molecule is CC1(C)CCC(NS(=O)(=O)c2ccc(CCO)cc2)C1. The molecule has 0 bridgehead atoms. The molecule has 1 atom stereocenters. The smallest absolute Gasteiger partial charge is 0.240 e. The van der Waals surface area contributed by atoms with E-state index >= 15 is 0 Å². The van der Waals surface area contributed by atoms with E-state index in [2.05, 4.69) is 18.6 Å². The summed E-state index contributed by atoms with van der Waals surface area (Å²) in [5, 5.41) is 8.86. The molecule has 5 heteroatoms. The van der Waals surface area contributed by atoms with Gasteiger partial charge in [-0.3, -0.25) is 0 Å². The summed E-state index contributed by atoms with van der Waals surface area (Å²) in [4.78, 5) is 0.295. The molecule has 0 spiro atoms. The maximum atomic E-state index is 12.3. The van der Waals surface area contributed by atoms with Crippen molar-refractivity contribution < 1.29 is 13.5 Å². The van der Waals surface area contributed by atoms with Crippen molar-refractivity contribution in [2.24, 2.45) is 5.41 Å². The van der Waals surface area contributed by atoms with Gasteiger partial charge in [0.2, 0.25) is 10.0 Å². The molecule has 1 aromatic carbocycles. The van der Waals surface area contributed by atoms with Gasteiger partial charge in [0.25, 0.3) is 0 Å². The molecule has 20 heavy (non-hydrogen) atoms. The molecule has 1 aromatic rings. The molecule has 2 rings (SSSR count). The molecule has 0 saturated heterocycles. The summed E-state index contributed by atoms with van der Waals surface area (Å²) in [7, 11) is -3.44. The Morgan fingerprint density at radius 2 is 1.95 bits per heavy atom. The summed E-state index contributed by atoms with van der Waals surface area (Å²) < 4.78 is 27.4. The van der Waals surface area contributed by atoms with Crippen molar-refractivity contribution in [3.63, 3.8) is 0 Å². The maximum Gasteiger partial charge on any atom is 0.240 e.